The van der Waals surface area contributed by atoms with Gasteiger partial charge in [0.1, 0.15) is 0 Å². The number of para-hydroxylation sites is 2. The van der Waals surface area contributed by atoms with Crippen molar-refractivity contribution >= 4 is 89.7 Å². The van der Waals surface area contributed by atoms with Crippen molar-refractivity contribution in [1.29, 1.82) is 0 Å². The highest BCUT2D eigenvalue weighted by atomic mass is 32.3. The minimum atomic E-state index is -1.43. The second kappa shape index (κ2) is 12.4. The van der Waals surface area contributed by atoms with Gasteiger partial charge in [-0.05, 0) is 118 Å². The first-order valence-electron chi connectivity index (χ1n) is 17.4. The lowest BCUT2D eigenvalue weighted by molar-refractivity contribution is 1.28. The van der Waals surface area contributed by atoms with Gasteiger partial charge in [0.05, 0.1) is 19.4 Å². The third-order valence-corrected chi connectivity index (χ3v) is 13.7. The van der Waals surface area contributed by atoms with E-state index < -0.39 is 18.1 Å². The van der Waals surface area contributed by atoms with E-state index in [-0.39, 0.29) is 0 Å². The minimum Gasteiger partial charge on any atom is -0.310 e. The standard InChI is InChI=1S/C46H44N2SSi/c1-49(2,3)39-25-21-37(22-26-39)47(35-13-9-7-10-14-35)43-31-19-33-18-30-42-44(32-20-34-17-29-41(43)45(33)46(34)42)48(36-15-11-8-12-16-36)38-23-27-40(28-24-38)50(4,5)6/h7-32H,1-6H3. The summed E-state index contributed by atoms with van der Waals surface area (Å²) in [7, 11) is -2.26. The summed E-state index contributed by atoms with van der Waals surface area (Å²) in [5.41, 5.74) is 7.00. The number of hydrogen-bond donors (Lipinski definition) is 0. The van der Waals surface area contributed by atoms with Crippen LogP contribution in [0.4, 0.5) is 34.1 Å². The molecule has 0 unspecified atom stereocenters. The highest BCUT2D eigenvalue weighted by Crippen LogP contribution is 2.49. The van der Waals surface area contributed by atoms with E-state index in [0.717, 1.165) is 17.1 Å². The molecule has 8 aromatic rings. The van der Waals surface area contributed by atoms with Gasteiger partial charge in [-0.25, -0.2) is 10.0 Å². The van der Waals surface area contributed by atoms with Gasteiger partial charge < -0.3 is 9.80 Å². The van der Waals surface area contributed by atoms with E-state index in [2.05, 4.69) is 206 Å². The molecule has 0 aromatic heterocycles. The average Bonchev–Trinajstić information content (AvgIpc) is 3.12. The quantitative estimate of drug-likeness (QED) is 0.116. The topological polar surface area (TPSA) is 6.48 Å². The van der Waals surface area contributed by atoms with Gasteiger partial charge in [-0.3, -0.25) is 0 Å². The Balaban J connectivity index is 1.36. The zero-order chi connectivity index (χ0) is 34.6. The summed E-state index contributed by atoms with van der Waals surface area (Å²) in [5, 5.41) is 9.08. The molecule has 0 N–H and O–H groups in total. The Morgan fingerprint density at radius 2 is 0.780 bits per heavy atom. The molecule has 50 heavy (non-hydrogen) atoms. The summed E-state index contributed by atoms with van der Waals surface area (Å²) in [5.74, 6) is 0. The summed E-state index contributed by atoms with van der Waals surface area (Å²) in [6.45, 7) is 7.23. The monoisotopic (exact) mass is 684 g/mol. The molecule has 8 rings (SSSR count). The molecular formula is C46H44N2SSi. The van der Waals surface area contributed by atoms with E-state index in [1.807, 2.05) is 0 Å². The molecule has 0 saturated carbocycles. The van der Waals surface area contributed by atoms with Crippen LogP contribution in [-0.4, -0.2) is 26.8 Å². The normalized spacial score (nSPS) is 12.5. The summed E-state index contributed by atoms with van der Waals surface area (Å²) < 4.78 is 0. The number of anilines is 6. The van der Waals surface area contributed by atoms with Gasteiger partial charge >= 0.3 is 0 Å². The van der Waals surface area contributed by atoms with Crippen LogP contribution in [-0.2, 0) is 0 Å². The fourth-order valence-electron chi connectivity index (χ4n) is 7.28. The zero-order valence-electron chi connectivity index (χ0n) is 29.8. The lowest BCUT2D eigenvalue weighted by atomic mass is 9.91. The second-order valence-electron chi connectivity index (χ2n) is 15.1. The molecule has 0 aliphatic heterocycles. The minimum absolute atomic E-state index is 0.825. The Morgan fingerprint density at radius 1 is 0.400 bits per heavy atom. The fourth-order valence-corrected chi connectivity index (χ4v) is 9.40. The lowest BCUT2D eigenvalue weighted by Crippen LogP contribution is -2.37. The molecule has 2 nitrogen and oxygen atoms in total. The highest BCUT2D eigenvalue weighted by Gasteiger charge is 2.23. The Hall–Kier alpha value is -5.03. The van der Waals surface area contributed by atoms with Crippen LogP contribution in [0.3, 0.4) is 0 Å². The predicted octanol–water partition coefficient (Wildman–Crippen LogP) is 13.1. The van der Waals surface area contributed by atoms with Crippen molar-refractivity contribution in [2.45, 2.75) is 24.5 Å². The van der Waals surface area contributed by atoms with Crippen LogP contribution in [0.5, 0.6) is 0 Å². The van der Waals surface area contributed by atoms with Crippen molar-refractivity contribution < 1.29 is 0 Å². The summed E-state index contributed by atoms with van der Waals surface area (Å²) in [4.78, 5) is 6.26. The Kier molecular flexibility index (Phi) is 7.97. The Morgan fingerprint density at radius 3 is 1.18 bits per heavy atom. The molecule has 4 heteroatoms. The van der Waals surface area contributed by atoms with E-state index in [0.29, 0.717) is 0 Å². The average molecular weight is 685 g/mol. The van der Waals surface area contributed by atoms with Crippen LogP contribution in [0.15, 0.2) is 163 Å². The zero-order valence-corrected chi connectivity index (χ0v) is 31.6. The first-order valence-corrected chi connectivity index (χ1v) is 23.7. The maximum atomic E-state index is 2.43. The molecule has 0 radical (unpaired) electrons. The fraction of sp³-hybridized carbons (Fsp3) is 0.130. The molecular weight excluding hydrogens is 641 g/mol. The molecule has 0 aliphatic rings. The van der Waals surface area contributed by atoms with Crippen LogP contribution < -0.4 is 15.0 Å². The molecule has 0 heterocycles. The first kappa shape index (κ1) is 32.2. The largest absolute Gasteiger partial charge is 0.310 e. The first-order chi connectivity index (χ1) is 24.1. The molecule has 8 aromatic carbocycles. The summed E-state index contributed by atoms with van der Waals surface area (Å²) in [6.07, 6.45) is 7.06. The van der Waals surface area contributed by atoms with E-state index in [9.17, 15) is 0 Å². The van der Waals surface area contributed by atoms with Gasteiger partial charge in [0.15, 0.2) is 0 Å². The lowest BCUT2D eigenvalue weighted by Gasteiger charge is -2.30. The maximum absolute atomic E-state index is 2.43. The third-order valence-electron chi connectivity index (χ3n) is 9.92. The van der Waals surface area contributed by atoms with Gasteiger partial charge in [0, 0.05) is 33.5 Å². The summed E-state index contributed by atoms with van der Waals surface area (Å²) in [6, 6.07) is 58.6. The molecule has 0 aliphatic carbocycles. The SMILES string of the molecule is C[Si](C)(C)c1ccc(N(c2ccccc2)c2ccc3ccc4c(N(c5ccccc5)c5ccc(S(C)(C)C)cc5)ccc5ccc2c3c54)cc1. The second-order valence-corrected chi connectivity index (χ2v) is 24.3. The van der Waals surface area contributed by atoms with E-state index in [1.165, 1.54) is 59.5 Å². The van der Waals surface area contributed by atoms with E-state index >= 15 is 0 Å². The molecule has 0 spiro atoms. The molecule has 248 valence electrons. The number of hydrogen-bond acceptors (Lipinski definition) is 2. The number of rotatable bonds is 8. The van der Waals surface area contributed by atoms with Crippen molar-refractivity contribution in [3.8, 4) is 0 Å². The van der Waals surface area contributed by atoms with Crippen molar-refractivity contribution in [1.82, 2.24) is 0 Å². The summed E-state index contributed by atoms with van der Waals surface area (Å²) >= 11 is 0. The Bertz CT molecular complexity index is 2250. The number of nitrogens with zero attached hydrogens (tertiary/aromatic N) is 2. The maximum Gasteiger partial charge on any atom is 0.0775 e. The van der Waals surface area contributed by atoms with E-state index in [1.54, 1.807) is 0 Å². The van der Waals surface area contributed by atoms with Crippen LogP contribution in [0.1, 0.15) is 0 Å². The predicted molar refractivity (Wildman–Crippen MR) is 226 cm³/mol. The molecule has 0 atom stereocenters. The van der Waals surface area contributed by atoms with E-state index in [4.69, 9.17) is 0 Å². The third kappa shape index (κ3) is 5.73. The van der Waals surface area contributed by atoms with Gasteiger partial charge in [0.25, 0.3) is 0 Å². The highest BCUT2D eigenvalue weighted by molar-refractivity contribution is 8.32. The van der Waals surface area contributed by atoms with Crippen molar-refractivity contribution in [2.24, 2.45) is 0 Å². The van der Waals surface area contributed by atoms with Crippen LogP contribution >= 0.6 is 10.0 Å². The van der Waals surface area contributed by atoms with Crippen molar-refractivity contribution in [2.75, 3.05) is 28.6 Å². The van der Waals surface area contributed by atoms with Gasteiger partial charge in [0.2, 0.25) is 0 Å². The van der Waals surface area contributed by atoms with Crippen LogP contribution in [0.25, 0.3) is 32.3 Å². The van der Waals surface area contributed by atoms with Gasteiger partial charge in [-0.2, -0.15) is 0 Å². The number of benzene rings is 8. The smallest absolute Gasteiger partial charge is 0.0775 e. The van der Waals surface area contributed by atoms with Crippen LogP contribution in [0.2, 0.25) is 19.6 Å². The van der Waals surface area contributed by atoms with Gasteiger partial charge in [-0.1, -0.05) is 110 Å². The Labute approximate surface area is 299 Å². The molecule has 0 bridgehead atoms. The van der Waals surface area contributed by atoms with Gasteiger partial charge in [-0.15, -0.1) is 0 Å². The molecule has 0 saturated heterocycles. The van der Waals surface area contributed by atoms with Crippen molar-refractivity contribution in [3.63, 3.8) is 0 Å². The van der Waals surface area contributed by atoms with Crippen molar-refractivity contribution in [3.05, 3.63) is 158 Å². The van der Waals surface area contributed by atoms with Crippen LogP contribution in [0, 0.1) is 0 Å². The molecule has 0 fully saturated rings. The molecule has 0 amide bonds.